The fourth-order valence-electron chi connectivity index (χ4n) is 2.78. The van der Waals surface area contributed by atoms with Crippen LogP contribution < -0.4 is 9.47 Å². The molecular formula is C18H17ClN4O2S. The molecule has 0 spiro atoms. The third-order valence-electron chi connectivity index (χ3n) is 4.27. The van der Waals surface area contributed by atoms with Crippen molar-refractivity contribution in [3.8, 4) is 17.2 Å². The van der Waals surface area contributed by atoms with Crippen LogP contribution in [-0.4, -0.2) is 33.4 Å². The van der Waals surface area contributed by atoms with E-state index in [4.69, 9.17) is 21.1 Å². The second kappa shape index (κ2) is 7.17. The van der Waals surface area contributed by atoms with Gasteiger partial charge in [-0.1, -0.05) is 35.5 Å². The molecule has 0 atom stereocenters. The summed E-state index contributed by atoms with van der Waals surface area (Å²) >= 11 is 7.86. The van der Waals surface area contributed by atoms with Crippen molar-refractivity contribution in [3.05, 3.63) is 52.0 Å². The lowest BCUT2D eigenvalue weighted by Gasteiger charge is -2.20. The molecule has 26 heavy (non-hydrogen) atoms. The zero-order valence-corrected chi connectivity index (χ0v) is 16.0. The van der Waals surface area contributed by atoms with Gasteiger partial charge >= 0.3 is 0 Å². The summed E-state index contributed by atoms with van der Waals surface area (Å²) in [5.74, 6) is 1.97. The number of aromatic nitrogens is 4. The summed E-state index contributed by atoms with van der Waals surface area (Å²) in [5.41, 5.74) is 4.37. The minimum atomic E-state index is 0.519. The Hall–Kier alpha value is -2.25. The molecule has 0 aliphatic carbocycles. The Labute approximate surface area is 160 Å². The first-order chi connectivity index (χ1) is 12.6. The van der Waals surface area contributed by atoms with E-state index in [1.54, 1.807) is 16.4 Å². The van der Waals surface area contributed by atoms with E-state index >= 15 is 0 Å². The monoisotopic (exact) mass is 388 g/mol. The Kier molecular flexibility index (Phi) is 4.74. The van der Waals surface area contributed by atoms with E-state index in [1.165, 1.54) is 5.56 Å². The number of ether oxygens (including phenoxy) is 2. The van der Waals surface area contributed by atoms with Gasteiger partial charge in [-0.05, 0) is 59.2 Å². The first kappa shape index (κ1) is 17.2. The summed E-state index contributed by atoms with van der Waals surface area (Å²) in [5, 5.41) is 13.4. The number of hydrogen-bond acceptors (Lipinski definition) is 6. The highest BCUT2D eigenvalue weighted by molar-refractivity contribution is 7.98. The first-order valence-electron chi connectivity index (χ1n) is 8.19. The van der Waals surface area contributed by atoms with Gasteiger partial charge in [0.2, 0.25) is 5.16 Å². The van der Waals surface area contributed by atoms with Crippen molar-refractivity contribution in [1.82, 2.24) is 20.2 Å². The number of halogens is 1. The number of rotatable bonds is 4. The van der Waals surface area contributed by atoms with Crippen molar-refractivity contribution in [2.75, 3.05) is 13.2 Å². The standard InChI is InChI=1S/C18H17ClN4O2S/c1-11-4-3-5-15(12(11)2)23-18(20-21-22-23)26-10-13-8-14(19)17-16(9-13)24-6-7-25-17/h3-5,8-9H,6-7,10H2,1-2H3. The van der Waals surface area contributed by atoms with Crippen LogP contribution in [0.3, 0.4) is 0 Å². The number of benzene rings is 2. The third-order valence-corrected chi connectivity index (χ3v) is 5.54. The quantitative estimate of drug-likeness (QED) is 0.629. The fraction of sp³-hybridized carbons (Fsp3) is 0.278. The molecule has 8 heteroatoms. The van der Waals surface area contributed by atoms with E-state index in [1.807, 2.05) is 24.3 Å². The molecule has 3 aromatic rings. The molecule has 1 aromatic heterocycles. The molecule has 0 saturated heterocycles. The average molecular weight is 389 g/mol. The van der Waals surface area contributed by atoms with E-state index in [2.05, 4.69) is 35.4 Å². The molecule has 0 fully saturated rings. The number of aryl methyl sites for hydroxylation is 1. The Morgan fingerprint density at radius 1 is 1.19 bits per heavy atom. The second-order valence-electron chi connectivity index (χ2n) is 5.98. The summed E-state index contributed by atoms with van der Waals surface area (Å²) in [7, 11) is 0. The molecule has 1 aliphatic rings. The molecular weight excluding hydrogens is 372 g/mol. The molecule has 0 N–H and O–H groups in total. The zero-order valence-electron chi connectivity index (χ0n) is 14.4. The molecule has 2 aromatic carbocycles. The Bertz CT molecular complexity index is 960. The van der Waals surface area contributed by atoms with E-state index in [9.17, 15) is 0 Å². The zero-order chi connectivity index (χ0) is 18.1. The second-order valence-corrected chi connectivity index (χ2v) is 7.33. The van der Waals surface area contributed by atoms with E-state index < -0.39 is 0 Å². The van der Waals surface area contributed by atoms with Gasteiger partial charge in [0.05, 0.1) is 10.7 Å². The lowest BCUT2D eigenvalue weighted by atomic mass is 10.1. The SMILES string of the molecule is Cc1cccc(-n2nnnc2SCc2cc(Cl)c3c(c2)OCCO3)c1C. The Balaban J connectivity index is 1.58. The molecule has 1 aliphatic heterocycles. The van der Waals surface area contributed by atoms with Crippen LogP contribution in [0.5, 0.6) is 11.5 Å². The van der Waals surface area contributed by atoms with Crippen LogP contribution in [0, 0.1) is 13.8 Å². The molecule has 0 radical (unpaired) electrons. The maximum Gasteiger partial charge on any atom is 0.214 e. The normalized spacial score (nSPS) is 13.0. The Morgan fingerprint density at radius 3 is 2.92 bits per heavy atom. The molecule has 0 bridgehead atoms. The van der Waals surface area contributed by atoms with Gasteiger partial charge in [0.25, 0.3) is 0 Å². The minimum Gasteiger partial charge on any atom is -0.486 e. The van der Waals surface area contributed by atoms with Crippen LogP contribution in [0.15, 0.2) is 35.5 Å². The average Bonchev–Trinajstić information content (AvgIpc) is 3.11. The largest absolute Gasteiger partial charge is 0.486 e. The third kappa shape index (κ3) is 3.24. The van der Waals surface area contributed by atoms with Crippen molar-refractivity contribution >= 4 is 23.4 Å². The van der Waals surface area contributed by atoms with Gasteiger partial charge in [-0.3, -0.25) is 0 Å². The van der Waals surface area contributed by atoms with Crippen LogP contribution >= 0.6 is 23.4 Å². The van der Waals surface area contributed by atoms with Gasteiger partial charge in [-0.2, -0.15) is 4.68 Å². The molecule has 4 rings (SSSR count). The lowest BCUT2D eigenvalue weighted by Crippen LogP contribution is -2.15. The Morgan fingerprint density at radius 2 is 2.04 bits per heavy atom. The summed E-state index contributed by atoms with van der Waals surface area (Å²) < 4.78 is 13.0. The molecule has 6 nitrogen and oxygen atoms in total. The van der Waals surface area contributed by atoms with Gasteiger partial charge in [-0.15, -0.1) is 5.10 Å². The lowest BCUT2D eigenvalue weighted by molar-refractivity contribution is 0.171. The summed E-state index contributed by atoms with van der Waals surface area (Å²) in [4.78, 5) is 0. The van der Waals surface area contributed by atoms with Crippen molar-refractivity contribution in [1.29, 1.82) is 0 Å². The molecule has 0 unspecified atom stereocenters. The smallest absolute Gasteiger partial charge is 0.214 e. The van der Waals surface area contributed by atoms with Crippen LogP contribution in [0.25, 0.3) is 5.69 Å². The van der Waals surface area contributed by atoms with Crippen molar-refractivity contribution < 1.29 is 9.47 Å². The van der Waals surface area contributed by atoms with Crippen molar-refractivity contribution in [3.63, 3.8) is 0 Å². The van der Waals surface area contributed by atoms with Gasteiger partial charge < -0.3 is 9.47 Å². The minimum absolute atomic E-state index is 0.519. The first-order valence-corrected chi connectivity index (χ1v) is 9.55. The molecule has 0 saturated carbocycles. The van der Waals surface area contributed by atoms with Gasteiger partial charge in [0.15, 0.2) is 11.5 Å². The summed E-state index contributed by atoms with van der Waals surface area (Å²) in [6.07, 6.45) is 0. The number of fused-ring (bicyclic) bond motifs is 1. The predicted octanol–water partition coefficient (Wildman–Crippen LogP) is 4.00. The van der Waals surface area contributed by atoms with Gasteiger partial charge in [0.1, 0.15) is 13.2 Å². The molecule has 0 amide bonds. The highest BCUT2D eigenvalue weighted by atomic mass is 35.5. The highest BCUT2D eigenvalue weighted by Gasteiger charge is 2.18. The van der Waals surface area contributed by atoms with Gasteiger partial charge in [0, 0.05) is 5.75 Å². The van der Waals surface area contributed by atoms with Crippen molar-refractivity contribution in [2.45, 2.75) is 24.8 Å². The predicted molar refractivity (Wildman–Crippen MR) is 101 cm³/mol. The fourth-order valence-corrected chi connectivity index (χ4v) is 3.88. The molecule has 134 valence electrons. The van der Waals surface area contributed by atoms with Crippen LogP contribution in [0.4, 0.5) is 0 Å². The number of hydrogen-bond donors (Lipinski definition) is 0. The maximum absolute atomic E-state index is 6.31. The van der Waals surface area contributed by atoms with Crippen LogP contribution in [0.1, 0.15) is 16.7 Å². The molecule has 2 heterocycles. The summed E-state index contributed by atoms with van der Waals surface area (Å²) in [6.45, 7) is 5.20. The topological polar surface area (TPSA) is 62.1 Å². The van der Waals surface area contributed by atoms with Crippen molar-refractivity contribution in [2.24, 2.45) is 0 Å². The van der Waals surface area contributed by atoms with E-state index in [-0.39, 0.29) is 0 Å². The number of thioether (sulfide) groups is 1. The number of tetrazole rings is 1. The van der Waals surface area contributed by atoms with Crippen LogP contribution in [0.2, 0.25) is 5.02 Å². The van der Waals surface area contributed by atoms with Crippen LogP contribution in [-0.2, 0) is 5.75 Å². The highest BCUT2D eigenvalue weighted by Crippen LogP contribution is 2.39. The maximum atomic E-state index is 6.31. The number of nitrogens with zero attached hydrogens (tertiary/aromatic N) is 4. The van der Waals surface area contributed by atoms with Gasteiger partial charge in [-0.25, -0.2) is 0 Å². The van der Waals surface area contributed by atoms with E-state index in [0.717, 1.165) is 22.0 Å². The van der Waals surface area contributed by atoms with E-state index in [0.29, 0.717) is 35.5 Å². The summed E-state index contributed by atoms with van der Waals surface area (Å²) in [6, 6.07) is 9.96.